The normalized spacial score (nSPS) is 11.1. The van der Waals surface area contributed by atoms with E-state index in [1.165, 1.54) is 5.56 Å². The molecule has 2 heterocycles. The zero-order valence-electron chi connectivity index (χ0n) is 19.0. The van der Waals surface area contributed by atoms with Crippen molar-refractivity contribution in [2.24, 2.45) is 0 Å². The fraction of sp³-hybridized carbons (Fsp3) is 0.185. The summed E-state index contributed by atoms with van der Waals surface area (Å²) in [6.45, 7) is 6.74. The fourth-order valence-electron chi connectivity index (χ4n) is 4.17. The van der Waals surface area contributed by atoms with Gasteiger partial charge >= 0.3 is 0 Å². The lowest BCUT2D eigenvalue weighted by Gasteiger charge is -2.14. The van der Waals surface area contributed by atoms with E-state index in [2.05, 4.69) is 89.9 Å². The number of nitrogens with one attached hydrogen (secondary N) is 1. The first-order valence-electron chi connectivity index (χ1n) is 11.1. The summed E-state index contributed by atoms with van der Waals surface area (Å²) < 4.78 is 6.37. The molecule has 0 amide bonds. The third-order valence-electron chi connectivity index (χ3n) is 5.77. The van der Waals surface area contributed by atoms with Crippen LogP contribution in [0.2, 0.25) is 0 Å². The van der Waals surface area contributed by atoms with Crippen molar-refractivity contribution < 1.29 is 4.74 Å². The van der Waals surface area contributed by atoms with Gasteiger partial charge in [-0.2, -0.15) is 5.21 Å². The molecule has 1 N–H and O–H groups in total. The predicted octanol–water partition coefficient (Wildman–Crippen LogP) is 5.84. The Labute approximate surface area is 192 Å². The molecule has 2 aromatic heterocycles. The highest BCUT2D eigenvalue weighted by atomic mass is 16.5. The second-order valence-corrected chi connectivity index (χ2v) is 8.21. The quantitative estimate of drug-likeness (QED) is 0.363. The van der Waals surface area contributed by atoms with Gasteiger partial charge in [0.05, 0.1) is 5.52 Å². The molecule has 5 aromatic rings. The van der Waals surface area contributed by atoms with Gasteiger partial charge in [0.2, 0.25) is 5.82 Å². The smallest absolute Gasteiger partial charge is 0.205 e. The van der Waals surface area contributed by atoms with Gasteiger partial charge in [0.25, 0.3) is 0 Å². The molecule has 3 aromatic carbocycles. The second-order valence-electron chi connectivity index (χ2n) is 8.21. The van der Waals surface area contributed by atoms with Gasteiger partial charge in [-0.3, -0.25) is 4.98 Å². The Kier molecular flexibility index (Phi) is 5.57. The van der Waals surface area contributed by atoms with E-state index in [9.17, 15) is 0 Å². The van der Waals surface area contributed by atoms with Crippen molar-refractivity contribution in [3.63, 3.8) is 0 Å². The Morgan fingerprint density at radius 3 is 2.52 bits per heavy atom. The van der Waals surface area contributed by atoms with Crippen molar-refractivity contribution in [1.29, 1.82) is 0 Å². The SMILES string of the molecule is CCc1cc(OCc2ccc(-c3ccccc3)c(-c3nn[nH]n3)c2)c2cc(C)cc(C)c2n1. The van der Waals surface area contributed by atoms with E-state index >= 15 is 0 Å². The number of fused-ring (bicyclic) bond motifs is 1. The van der Waals surface area contributed by atoms with Crippen LogP contribution in [0.1, 0.15) is 29.3 Å². The van der Waals surface area contributed by atoms with Crippen LogP contribution in [0.5, 0.6) is 5.75 Å². The molecule has 164 valence electrons. The molecule has 0 bridgehead atoms. The monoisotopic (exact) mass is 435 g/mol. The minimum absolute atomic E-state index is 0.426. The molecule has 0 saturated carbocycles. The van der Waals surface area contributed by atoms with Gasteiger partial charge in [-0.15, -0.1) is 10.2 Å². The summed E-state index contributed by atoms with van der Waals surface area (Å²) in [7, 11) is 0. The number of aryl methyl sites for hydroxylation is 3. The Hall–Kier alpha value is -4.06. The molecule has 0 radical (unpaired) electrons. The molecule has 0 unspecified atom stereocenters. The predicted molar refractivity (Wildman–Crippen MR) is 130 cm³/mol. The zero-order chi connectivity index (χ0) is 22.8. The maximum atomic E-state index is 6.37. The number of nitrogens with zero attached hydrogens (tertiary/aromatic N) is 4. The van der Waals surface area contributed by atoms with Gasteiger partial charge < -0.3 is 4.74 Å². The lowest BCUT2D eigenvalue weighted by Crippen LogP contribution is -2.01. The van der Waals surface area contributed by atoms with Crippen LogP contribution in [0, 0.1) is 13.8 Å². The van der Waals surface area contributed by atoms with E-state index in [0.717, 1.165) is 56.6 Å². The summed E-state index contributed by atoms with van der Waals surface area (Å²) in [4.78, 5) is 4.84. The highest BCUT2D eigenvalue weighted by Gasteiger charge is 2.14. The van der Waals surface area contributed by atoms with Crippen molar-refractivity contribution >= 4 is 10.9 Å². The first-order valence-corrected chi connectivity index (χ1v) is 11.1. The van der Waals surface area contributed by atoms with Crippen LogP contribution >= 0.6 is 0 Å². The van der Waals surface area contributed by atoms with Crippen LogP contribution < -0.4 is 4.74 Å². The zero-order valence-corrected chi connectivity index (χ0v) is 19.0. The Balaban J connectivity index is 1.52. The summed E-state index contributed by atoms with van der Waals surface area (Å²) in [5, 5.41) is 15.8. The van der Waals surface area contributed by atoms with Crippen LogP contribution in [0.25, 0.3) is 33.4 Å². The van der Waals surface area contributed by atoms with Crippen molar-refractivity contribution in [1.82, 2.24) is 25.6 Å². The number of benzene rings is 3. The average Bonchev–Trinajstić information content (AvgIpc) is 3.38. The van der Waals surface area contributed by atoms with Crippen molar-refractivity contribution in [2.45, 2.75) is 33.8 Å². The molecule has 0 spiro atoms. The fourth-order valence-corrected chi connectivity index (χ4v) is 4.17. The lowest BCUT2D eigenvalue weighted by molar-refractivity contribution is 0.309. The standard InChI is InChI=1S/C27H25N5O/c1-4-21-15-25(24-13-17(2)12-18(3)26(24)28-21)33-16-19-10-11-22(20-8-6-5-7-9-20)23(14-19)27-29-31-32-30-27/h5-15H,4,16H2,1-3H3,(H,29,30,31,32). The van der Waals surface area contributed by atoms with E-state index in [4.69, 9.17) is 9.72 Å². The molecule has 0 fully saturated rings. The van der Waals surface area contributed by atoms with E-state index in [0.29, 0.717) is 12.4 Å². The van der Waals surface area contributed by atoms with Gasteiger partial charge in [-0.25, -0.2) is 0 Å². The second kappa shape index (κ2) is 8.82. The number of pyridine rings is 1. The molecule has 5 rings (SSSR count). The number of ether oxygens (including phenoxy) is 1. The van der Waals surface area contributed by atoms with Crippen molar-refractivity contribution in [3.05, 3.63) is 89.1 Å². The van der Waals surface area contributed by atoms with Crippen molar-refractivity contribution in [2.75, 3.05) is 0 Å². The van der Waals surface area contributed by atoms with Crippen LogP contribution in [0.15, 0.2) is 66.7 Å². The number of tetrazole rings is 1. The van der Waals surface area contributed by atoms with Crippen LogP contribution in [-0.2, 0) is 13.0 Å². The highest BCUT2D eigenvalue weighted by molar-refractivity contribution is 5.88. The van der Waals surface area contributed by atoms with Gasteiger partial charge in [0.15, 0.2) is 0 Å². The largest absolute Gasteiger partial charge is 0.488 e. The summed E-state index contributed by atoms with van der Waals surface area (Å²) in [5.41, 5.74) is 8.48. The van der Waals surface area contributed by atoms with Crippen LogP contribution in [0.3, 0.4) is 0 Å². The molecular formula is C27H25N5O. The first kappa shape index (κ1) is 20.8. The molecular weight excluding hydrogens is 410 g/mol. The molecule has 0 aliphatic rings. The number of rotatable bonds is 6. The van der Waals surface area contributed by atoms with Gasteiger partial charge in [0.1, 0.15) is 12.4 Å². The summed E-state index contributed by atoms with van der Waals surface area (Å²) in [6.07, 6.45) is 0.855. The third kappa shape index (κ3) is 4.20. The number of hydrogen-bond acceptors (Lipinski definition) is 5. The van der Waals surface area contributed by atoms with E-state index in [1.807, 2.05) is 18.2 Å². The minimum atomic E-state index is 0.426. The first-order chi connectivity index (χ1) is 16.1. The summed E-state index contributed by atoms with van der Waals surface area (Å²) in [5.74, 6) is 1.42. The van der Waals surface area contributed by atoms with E-state index in [1.54, 1.807) is 0 Å². The molecule has 0 aliphatic carbocycles. The molecule has 0 atom stereocenters. The maximum Gasteiger partial charge on any atom is 0.205 e. The van der Waals surface area contributed by atoms with E-state index < -0.39 is 0 Å². The number of hydrogen-bond donors (Lipinski definition) is 1. The topological polar surface area (TPSA) is 76.6 Å². The molecule has 33 heavy (non-hydrogen) atoms. The van der Waals surface area contributed by atoms with Crippen LogP contribution in [-0.4, -0.2) is 25.6 Å². The number of aromatic amines is 1. The van der Waals surface area contributed by atoms with Crippen molar-refractivity contribution in [3.8, 4) is 28.3 Å². The Bertz CT molecular complexity index is 1410. The van der Waals surface area contributed by atoms with E-state index in [-0.39, 0.29) is 0 Å². The lowest BCUT2D eigenvalue weighted by atomic mass is 9.97. The molecule has 6 heteroatoms. The molecule has 6 nitrogen and oxygen atoms in total. The molecule has 0 saturated heterocycles. The Morgan fingerprint density at radius 1 is 0.909 bits per heavy atom. The molecule has 0 aliphatic heterocycles. The summed E-state index contributed by atoms with van der Waals surface area (Å²) in [6, 6.07) is 22.8. The van der Waals surface area contributed by atoms with Gasteiger partial charge in [-0.05, 0) is 65.4 Å². The third-order valence-corrected chi connectivity index (χ3v) is 5.77. The minimum Gasteiger partial charge on any atom is -0.488 e. The van der Waals surface area contributed by atoms with Gasteiger partial charge in [-0.1, -0.05) is 55.5 Å². The highest BCUT2D eigenvalue weighted by Crippen LogP contribution is 2.33. The Morgan fingerprint density at radius 2 is 1.76 bits per heavy atom. The number of H-pyrrole nitrogens is 1. The summed E-state index contributed by atoms with van der Waals surface area (Å²) >= 11 is 0. The van der Waals surface area contributed by atoms with Crippen LogP contribution in [0.4, 0.5) is 0 Å². The number of aromatic nitrogens is 5. The average molecular weight is 436 g/mol. The maximum absolute atomic E-state index is 6.37. The van der Waals surface area contributed by atoms with Gasteiger partial charge in [0, 0.05) is 22.7 Å².